The predicted molar refractivity (Wildman–Crippen MR) is 104 cm³/mol. The summed E-state index contributed by atoms with van der Waals surface area (Å²) in [6.07, 6.45) is 0. The minimum absolute atomic E-state index is 0.0452. The molecule has 0 atom stereocenters. The third-order valence-electron chi connectivity index (χ3n) is 3.78. The van der Waals surface area contributed by atoms with Crippen molar-refractivity contribution in [1.82, 2.24) is 4.72 Å². The van der Waals surface area contributed by atoms with Crippen molar-refractivity contribution in [3.8, 4) is 5.75 Å². The summed E-state index contributed by atoms with van der Waals surface area (Å²) in [6.45, 7) is 1.93. The van der Waals surface area contributed by atoms with E-state index in [0.717, 1.165) is 10.4 Å². The predicted octanol–water partition coefficient (Wildman–Crippen LogP) is 3.84. The normalized spacial score (nSPS) is 11.5. The second-order valence-corrected chi connectivity index (χ2v) is 9.28. The first-order valence-corrected chi connectivity index (χ1v) is 10.9. The Hall–Kier alpha value is -2.00. The number of hydrogen-bond donors (Lipinski definition) is 1. The number of nitrogens with one attached hydrogen (secondary N) is 1. The summed E-state index contributed by atoms with van der Waals surface area (Å²) in [5, 5.41) is 3.66. The highest BCUT2D eigenvalue weighted by Gasteiger charge is 2.17. The maximum Gasteiger partial charge on any atom is 0.240 e. The molecule has 8 heteroatoms. The summed E-state index contributed by atoms with van der Waals surface area (Å²) in [5.74, 6) is 0.593. The molecule has 2 aromatic heterocycles. The number of rotatable bonds is 7. The van der Waals surface area contributed by atoms with Crippen LogP contribution in [0.1, 0.15) is 25.7 Å². The average molecular weight is 408 g/mol. The average Bonchev–Trinajstić information content (AvgIpc) is 3.31. The van der Waals surface area contributed by atoms with E-state index in [9.17, 15) is 13.2 Å². The fourth-order valence-electron chi connectivity index (χ4n) is 2.40. The van der Waals surface area contributed by atoms with Crippen LogP contribution in [0.15, 0.2) is 52.1 Å². The molecule has 2 heterocycles. The summed E-state index contributed by atoms with van der Waals surface area (Å²) in [7, 11) is -2.10. The molecule has 0 amide bonds. The van der Waals surface area contributed by atoms with Gasteiger partial charge in [0, 0.05) is 22.4 Å². The molecule has 0 fully saturated rings. The molecule has 0 aliphatic carbocycles. The van der Waals surface area contributed by atoms with E-state index >= 15 is 0 Å². The first-order valence-electron chi connectivity index (χ1n) is 7.70. The number of aryl methyl sites for hydroxylation is 1. The summed E-state index contributed by atoms with van der Waals surface area (Å²) in [5.41, 5.74) is 1.40. The van der Waals surface area contributed by atoms with Crippen LogP contribution in [0.2, 0.25) is 0 Å². The fourth-order valence-corrected chi connectivity index (χ4v) is 5.13. The molecule has 136 valence electrons. The van der Waals surface area contributed by atoms with Crippen LogP contribution < -0.4 is 9.46 Å². The van der Waals surface area contributed by atoms with Crippen LogP contribution >= 0.6 is 22.7 Å². The number of thiophene rings is 2. The van der Waals surface area contributed by atoms with Gasteiger partial charge in [0.15, 0.2) is 0 Å². The molecule has 3 rings (SSSR count). The Bertz CT molecular complexity index is 1020. The van der Waals surface area contributed by atoms with Crippen LogP contribution in [0, 0.1) is 6.92 Å². The summed E-state index contributed by atoms with van der Waals surface area (Å²) < 4.78 is 32.7. The van der Waals surface area contributed by atoms with Crippen molar-refractivity contribution in [2.45, 2.75) is 18.4 Å². The lowest BCUT2D eigenvalue weighted by Gasteiger charge is -2.09. The standard InChI is InChI=1S/C18H17NO4S3/c1-12-9-15(4-5-16(12)23-2)26(21,22)19-10-14-3-6-17(25-14)18(20)13-7-8-24-11-13/h3-9,11,19H,10H2,1-2H3. The zero-order valence-corrected chi connectivity index (χ0v) is 16.6. The zero-order valence-electron chi connectivity index (χ0n) is 14.2. The van der Waals surface area contributed by atoms with Gasteiger partial charge in [0.25, 0.3) is 0 Å². The molecular formula is C18H17NO4S3. The molecule has 0 saturated carbocycles. The molecule has 5 nitrogen and oxygen atoms in total. The number of ether oxygens (including phenoxy) is 1. The van der Waals surface area contributed by atoms with Crippen LogP contribution in [0.3, 0.4) is 0 Å². The van der Waals surface area contributed by atoms with Crippen LogP contribution in [-0.2, 0) is 16.6 Å². The Labute approximate surface area is 160 Å². The van der Waals surface area contributed by atoms with E-state index < -0.39 is 10.0 Å². The van der Waals surface area contributed by atoms with Gasteiger partial charge in [-0.25, -0.2) is 13.1 Å². The Morgan fingerprint density at radius 2 is 2.00 bits per heavy atom. The molecule has 0 aliphatic heterocycles. The van der Waals surface area contributed by atoms with Gasteiger partial charge in [-0.05, 0) is 54.3 Å². The Morgan fingerprint density at radius 3 is 2.65 bits per heavy atom. The number of methoxy groups -OCH3 is 1. The van der Waals surface area contributed by atoms with Gasteiger partial charge in [-0.15, -0.1) is 11.3 Å². The summed E-state index contributed by atoms with van der Waals surface area (Å²) in [4.78, 5) is 13.9. The van der Waals surface area contributed by atoms with Gasteiger partial charge >= 0.3 is 0 Å². The Balaban J connectivity index is 1.70. The fraction of sp³-hybridized carbons (Fsp3) is 0.167. The number of ketones is 1. The monoisotopic (exact) mass is 407 g/mol. The van der Waals surface area contributed by atoms with Crippen LogP contribution in [0.25, 0.3) is 0 Å². The van der Waals surface area contributed by atoms with E-state index in [2.05, 4.69) is 4.72 Å². The van der Waals surface area contributed by atoms with E-state index in [4.69, 9.17) is 4.74 Å². The quantitative estimate of drug-likeness (QED) is 0.604. The first kappa shape index (κ1) is 18.8. The van der Waals surface area contributed by atoms with E-state index in [1.54, 1.807) is 49.7 Å². The SMILES string of the molecule is COc1ccc(S(=O)(=O)NCc2ccc(C(=O)c3ccsc3)s2)cc1C. The molecule has 26 heavy (non-hydrogen) atoms. The van der Waals surface area contributed by atoms with Crippen LogP contribution in [0.4, 0.5) is 0 Å². The molecule has 1 aromatic carbocycles. The van der Waals surface area contributed by atoms with Gasteiger partial charge in [0.2, 0.25) is 15.8 Å². The third-order valence-corrected chi connectivity index (χ3v) is 6.95. The van der Waals surface area contributed by atoms with E-state index in [1.165, 1.54) is 28.7 Å². The lowest BCUT2D eigenvalue weighted by Crippen LogP contribution is -2.22. The maximum absolute atomic E-state index is 12.5. The van der Waals surface area contributed by atoms with Crippen molar-refractivity contribution in [2.24, 2.45) is 0 Å². The van der Waals surface area contributed by atoms with Crippen molar-refractivity contribution in [3.05, 3.63) is 68.0 Å². The third kappa shape index (κ3) is 4.04. The Morgan fingerprint density at radius 1 is 1.19 bits per heavy atom. The number of benzene rings is 1. The van der Waals surface area contributed by atoms with E-state index in [0.29, 0.717) is 16.2 Å². The first-order chi connectivity index (χ1) is 12.4. The highest BCUT2D eigenvalue weighted by atomic mass is 32.2. The van der Waals surface area contributed by atoms with Gasteiger partial charge in [0.05, 0.1) is 16.9 Å². The van der Waals surface area contributed by atoms with Gasteiger partial charge in [-0.3, -0.25) is 4.79 Å². The molecule has 0 bridgehead atoms. The maximum atomic E-state index is 12.5. The lowest BCUT2D eigenvalue weighted by atomic mass is 10.2. The van der Waals surface area contributed by atoms with Crippen LogP contribution in [-0.4, -0.2) is 21.3 Å². The second-order valence-electron chi connectivity index (χ2n) is 5.56. The topological polar surface area (TPSA) is 72.5 Å². The summed E-state index contributed by atoms with van der Waals surface area (Å²) in [6, 6.07) is 9.99. The summed E-state index contributed by atoms with van der Waals surface area (Å²) >= 11 is 2.76. The molecule has 0 unspecified atom stereocenters. The smallest absolute Gasteiger partial charge is 0.240 e. The van der Waals surface area contributed by atoms with E-state index in [-0.39, 0.29) is 17.2 Å². The minimum atomic E-state index is -3.64. The van der Waals surface area contributed by atoms with Crippen molar-refractivity contribution in [3.63, 3.8) is 0 Å². The lowest BCUT2D eigenvalue weighted by molar-refractivity contribution is 0.104. The number of carbonyl (C=O) groups excluding carboxylic acids is 1. The zero-order chi connectivity index (χ0) is 18.7. The Kier molecular flexibility index (Phi) is 5.57. The molecular weight excluding hydrogens is 390 g/mol. The minimum Gasteiger partial charge on any atom is -0.496 e. The number of carbonyl (C=O) groups is 1. The van der Waals surface area contributed by atoms with Crippen molar-refractivity contribution >= 4 is 38.5 Å². The van der Waals surface area contributed by atoms with Crippen molar-refractivity contribution in [1.29, 1.82) is 0 Å². The highest BCUT2D eigenvalue weighted by molar-refractivity contribution is 7.89. The highest BCUT2D eigenvalue weighted by Crippen LogP contribution is 2.23. The number of hydrogen-bond acceptors (Lipinski definition) is 6. The van der Waals surface area contributed by atoms with Crippen LogP contribution in [0.5, 0.6) is 5.75 Å². The van der Waals surface area contributed by atoms with Gasteiger partial charge in [-0.1, -0.05) is 0 Å². The van der Waals surface area contributed by atoms with Crippen molar-refractivity contribution in [2.75, 3.05) is 7.11 Å². The largest absolute Gasteiger partial charge is 0.496 e. The van der Waals surface area contributed by atoms with Gasteiger partial charge in [-0.2, -0.15) is 11.3 Å². The van der Waals surface area contributed by atoms with Crippen molar-refractivity contribution < 1.29 is 17.9 Å². The number of sulfonamides is 1. The van der Waals surface area contributed by atoms with E-state index in [1.807, 2.05) is 5.38 Å². The molecule has 3 aromatic rings. The molecule has 1 N–H and O–H groups in total. The molecule has 0 saturated heterocycles. The molecule has 0 aliphatic rings. The molecule has 0 spiro atoms. The van der Waals surface area contributed by atoms with Gasteiger partial charge < -0.3 is 4.74 Å². The molecule has 0 radical (unpaired) electrons. The second kappa shape index (κ2) is 7.71. The van der Waals surface area contributed by atoms with Gasteiger partial charge in [0.1, 0.15) is 5.75 Å².